The maximum Gasteiger partial charge on any atom is 0.0424 e. The van der Waals surface area contributed by atoms with Crippen molar-refractivity contribution in [3.63, 3.8) is 0 Å². The first kappa shape index (κ1) is 19.2. The molecule has 0 radical (unpaired) electrons. The van der Waals surface area contributed by atoms with E-state index in [0.29, 0.717) is 10.0 Å². The van der Waals surface area contributed by atoms with Crippen LogP contribution in [0.3, 0.4) is 0 Å². The average Bonchev–Trinajstić information content (AvgIpc) is 3.00. The van der Waals surface area contributed by atoms with Gasteiger partial charge in [0.05, 0.1) is 0 Å². The lowest BCUT2D eigenvalue weighted by Gasteiger charge is -2.45. The lowest BCUT2D eigenvalue weighted by atomic mass is 9.91. The highest BCUT2D eigenvalue weighted by molar-refractivity contribution is 6.34. The van der Waals surface area contributed by atoms with Crippen molar-refractivity contribution in [2.75, 3.05) is 39.8 Å². The quantitative estimate of drug-likeness (QED) is 0.817. The summed E-state index contributed by atoms with van der Waals surface area (Å²) in [5, 5.41) is 4.91. The minimum atomic E-state index is 0.170. The summed E-state index contributed by atoms with van der Waals surface area (Å²) in [6.45, 7) is 6.27. The monoisotopic (exact) mass is 403 g/mol. The molecule has 1 saturated heterocycles. The first-order valence-electron chi connectivity index (χ1n) is 9.70. The second kappa shape index (κ2) is 8.10. The molecule has 1 N–H and O–H groups in total. The molecule has 2 aliphatic rings. The predicted octanol–water partition coefficient (Wildman–Crippen LogP) is 3.87. The molecule has 144 valence electrons. The van der Waals surface area contributed by atoms with Gasteiger partial charge in [0, 0.05) is 54.9 Å². The van der Waals surface area contributed by atoms with Gasteiger partial charge in [-0.25, -0.2) is 0 Å². The molecule has 1 aliphatic heterocycles. The number of fused-ring (bicyclic) bond motifs is 1. The van der Waals surface area contributed by atoms with Crippen LogP contribution in [0.1, 0.15) is 16.7 Å². The number of nitrogens with one attached hydrogen (secondary N) is 1. The standard InChI is InChI=1S/C22H27Cl2N3/c1-26(15-17-10-20(23)12-21(24)11-17)16-22(27-8-6-25-7-9-27)13-18-4-2-3-5-19(18)14-22/h2-5,10-12,25H,6-9,13-16H2,1H3. The summed E-state index contributed by atoms with van der Waals surface area (Å²) >= 11 is 12.4. The van der Waals surface area contributed by atoms with E-state index >= 15 is 0 Å². The molecule has 0 amide bonds. The Balaban J connectivity index is 1.54. The van der Waals surface area contributed by atoms with Crippen LogP contribution in [0, 0.1) is 0 Å². The number of rotatable bonds is 5. The highest BCUT2D eigenvalue weighted by atomic mass is 35.5. The van der Waals surface area contributed by atoms with E-state index in [-0.39, 0.29) is 5.54 Å². The molecule has 2 aromatic rings. The Morgan fingerprint density at radius 1 is 1.00 bits per heavy atom. The second-order valence-corrected chi connectivity index (χ2v) is 8.91. The van der Waals surface area contributed by atoms with Crippen molar-refractivity contribution in [3.8, 4) is 0 Å². The molecule has 0 unspecified atom stereocenters. The Kier molecular flexibility index (Phi) is 5.77. The molecule has 0 atom stereocenters. The minimum absolute atomic E-state index is 0.170. The lowest BCUT2D eigenvalue weighted by molar-refractivity contribution is 0.0486. The average molecular weight is 404 g/mol. The summed E-state index contributed by atoms with van der Waals surface area (Å²) in [4.78, 5) is 5.14. The van der Waals surface area contributed by atoms with Gasteiger partial charge in [-0.15, -0.1) is 0 Å². The zero-order valence-electron chi connectivity index (χ0n) is 15.8. The number of hydrogen-bond acceptors (Lipinski definition) is 3. The maximum absolute atomic E-state index is 6.20. The van der Waals surface area contributed by atoms with Crippen LogP contribution in [-0.2, 0) is 19.4 Å². The normalized spacial score (nSPS) is 19.4. The van der Waals surface area contributed by atoms with Gasteiger partial charge in [-0.1, -0.05) is 47.5 Å². The van der Waals surface area contributed by atoms with Crippen molar-refractivity contribution in [1.29, 1.82) is 0 Å². The number of hydrogen-bond donors (Lipinski definition) is 1. The fourth-order valence-corrected chi connectivity index (χ4v) is 5.39. The topological polar surface area (TPSA) is 18.5 Å². The fraction of sp³-hybridized carbons (Fsp3) is 0.455. The van der Waals surface area contributed by atoms with Crippen molar-refractivity contribution >= 4 is 23.2 Å². The molecule has 1 aliphatic carbocycles. The first-order chi connectivity index (χ1) is 13.0. The van der Waals surface area contributed by atoms with Crippen LogP contribution in [0.4, 0.5) is 0 Å². The van der Waals surface area contributed by atoms with E-state index in [1.807, 2.05) is 12.1 Å². The van der Waals surface area contributed by atoms with Crippen LogP contribution >= 0.6 is 23.2 Å². The Morgan fingerprint density at radius 2 is 1.59 bits per heavy atom. The molecule has 0 spiro atoms. The van der Waals surface area contributed by atoms with E-state index in [1.54, 1.807) is 6.07 Å². The Bertz CT molecular complexity index is 757. The molecular formula is C22H27Cl2N3. The van der Waals surface area contributed by atoms with E-state index < -0.39 is 0 Å². The third-order valence-corrected chi connectivity index (χ3v) is 6.32. The van der Waals surface area contributed by atoms with Gasteiger partial charge in [-0.2, -0.15) is 0 Å². The number of halogens is 2. The van der Waals surface area contributed by atoms with Crippen molar-refractivity contribution in [3.05, 3.63) is 69.2 Å². The summed E-state index contributed by atoms with van der Waals surface area (Å²) in [5.74, 6) is 0. The Hall–Kier alpha value is -1.10. The summed E-state index contributed by atoms with van der Waals surface area (Å²) < 4.78 is 0. The molecule has 5 heteroatoms. The number of nitrogens with zero attached hydrogens (tertiary/aromatic N) is 2. The van der Waals surface area contributed by atoms with Gasteiger partial charge < -0.3 is 10.2 Å². The molecular weight excluding hydrogens is 377 g/mol. The van der Waals surface area contributed by atoms with E-state index in [9.17, 15) is 0 Å². The molecule has 1 fully saturated rings. The Labute approximate surface area is 172 Å². The van der Waals surface area contributed by atoms with Crippen LogP contribution in [0.5, 0.6) is 0 Å². The van der Waals surface area contributed by atoms with Crippen LogP contribution in [0.15, 0.2) is 42.5 Å². The van der Waals surface area contributed by atoms with Crippen LogP contribution in [0.2, 0.25) is 10.0 Å². The maximum atomic E-state index is 6.20. The molecule has 0 aromatic heterocycles. The van der Waals surface area contributed by atoms with Gasteiger partial charge in [0.2, 0.25) is 0 Å². The van der Waals surface area contributed by atoms with Crippen molar-refractivity contribution in [2.24, 2.45) is 0 Å². The molecule has 27 heavy (non-hydrogen) atoms. The third-order valence-electron chi connectivity index (χ3n) is 5.88. The van der Waals surface area contributed by atoms with Crippen LogP contribution < -0.4 is 5.32 Å². The smallest absolute Gasteiger partial charge is 0.0424 e. The second-order valence-electron chi connectivity index (χ2n) is 8.03. The van der Waals surface area contributed by atoms with Gasteiger partial charge in [0.1, 0.15) is 0 Å². The van der Waals surface area contributed by atoms with Gasteiger partial charge in [-0.05, 0) is 54.8 Å². The van der Waals surface area contributed by atoms with Crippen molar-refractivity contribution in [2.45, 2.75) is 24.9 Å². The zero-order chi connectivity index (χ0) is 18.9. The lowest BCUT2D eigenvalue weighted by Crippen LogP contribution is -2.61. The molecule has 3 nitrogen and oxygen atoms in total. The zero-order valence-corrected chi connectivity index (χ0v) is 17.4. The fourth-order valence-electron chi connectivity index (χ4n) is 4.82. The van der Waals surface area contributed by atoms with Crippen LogP contribution in [0.25, 0.3) is 0 Å². The predicted molar refractivity (Wildman–Crippen MR) is 114 cm³/mol. The van der Waals surface area contributed by atoms with E-state index in [0.717, 1.165) is 52.1 Å². The number of benzene rings is 2. The van der Waals surface area contributed by atoms with Gasteiger partial charge in [0.15, 0.2) is 0 Å². The van der Waals surface area contributed by atoms with E-state index in [4.69, 9.17) is 23.2 Å². The number of likely N-dealkylation sites (N-methyl/N-ethyl adjacent to an activating group) is 1. The van der Waals surface area contributed by atoms with Crippen LogP contribution in [-0.4, -0.2) is 55.1 Å². The minimum Gasteiger partial charge on any atom is -0.314 e. The van der Waals surface area contributed by atoms with Gasteiger partial charge in [0.25, 0.3) is 0 Å². The first-order valence-corrected chi connectivity index (χ1v) is 10.5. The van der Waals surface area contributed by atoms with E-state index in [1.165, 1.54) is 16.7 Å². The van der Waals surface area contributed by atoms with Crippen molar-refractivity contribution < 1.29 is 0 Å². The van der Waals surface area contributed by atoms with Gasteiger partial charge in [-0.3, -0.25) is 4.90 Å². The molecule has 2 aromatic carbocycles. The SMILES string of the molecule is CN(Cc1cc(Cl)cc(Cl)c1)CC1(N2CCNCC2)Cc2ccccc2C1. The summed E-state index contributed by atoms with van der Waals surface area (Å²) in [6.07, 6.45) is 2.26. The van der Waals surface area contributed by atoms with Gasteiger partial charge >= 0.3 is 0 Å². The van der Waals surface area contributed by atoms with Crippen molar-refractivity contribution in [1.82, 2.24) is 15.1 Å². The summed E-state index contributed by atoms with van der Waals surface area (Å²) in [7, 11) is 2.21. The largest absolute Gasteiger partial charge is 0.314 e. The summed E-state index contributed by atoms with van der Waals surface area (Å²) in [6, 6.07) is 14.8. The Morgan fingerprint density at radius 3 is 2.19 bits per heavy atom. The highest BCUT2D eigenvalue weighted by Gasteiger charge is 2.43. The summed E-state index contributed by atoms with van der Waals surface area (Å²) in [5.41, 5.74) is 4.36. The van der Waals surface area contributed by atoms with E-state index in [2.05, 4.69) is 46.4 Å². The highest BCUT2D eigenvalue weighted by Crippen LogP contribution is 2.36. The number of piperazine rings is 1. The molecule has 0 bridgehead atoms. The molecule has 0 saturated carbocycles. The third kappa shape index (κ3) is 4.33. The molecule has 1 heterocycles. The molecule has 4 rings (SSSR count).